The molecule has 2 unspecified atom stereocenters. The number of hydrogen-bond donors (Lipinski definition) is 3. The molecule has 4 nitrogen and oxygen atoms in total. The molecule has 0 bridgehead atoms. The molecule has 0 saturated heterocycles. The maximum Gasteiger partial charge on any atom is 0.264 e. The Labute approximate surface area is 139 Å². The van der Waals surface area contributed by atoms with Crippen molar-refractivity contribution in [3.05, 3.63) is 68.6 Å². The van der Waals surface area contributed by atoms with Gasteiger partial charge >= 0.3 is 0 Å². The van der Waals surface area contributed by atoms with Crippen LogP contribution in [0.25, 0.3) is 0 Å². The largest absolute Gasteiger partial charge is 0.378 e. The van der Waals surface area contributed by atoms with Gasteiger partial charge in [-0.05, 0) is 35.4 Å². The van der Waals surface area contributed by atoms with E-state index >= 15 is 0 Å². The summed E-state index contributed by atoms with van der Waals surface area (Å²) in [5.74, 6) is -3.33. The van der Waals surface area contributed by atoms with E-state index in [1.54, 1.807) is 36.4 Å². The van der Waals surface area contributed by atoms with Crippen molar-refractivity contribution in [3.63, 3.8) is 0 Å². The maximum absolute atomic E-state index is 12.5. The smallest absolute Gasteiger partial charge is 0.264 e. The molecule has 3 N–H and O–H groups in total. The summed E-state index contributed by atoms with van der Waals surface area (Å²) < 4.78 is 13.8. The first kappa shape index (κ1) is 16.9. The SMILES string of the molecule is O=P(O)(C(O)c1cccc(Br)c1)C(O)c1cccc(Br)c1. The molecule has 0 spiro atoms. The monoisotopic (exact) mass is 434 g/mol. The lowest BCUT2D eigenvalue weighted by Gasteiger charge is -2.24. The molecule has 0 aliphatic carbocycles. The molecule has 2 aromatic rings. The van der Waals surface area contributed by atoms with Crippen LogP contribution in [-0.4, -0.2) is 15.1 Å². The number of benzene rings is 2. The average Bonchev–Trinajstić information content (AvgIpc) is 2.45. The summed E-state index contributed by atoms with van der Waals surface area (Å²) in [6.45, 7) is 0. The highest BCUT2D eigenvalue weighted by atomic mass is 79.9. The Morgan fingerprint density at radius 2 is 1.24 bits per heavy atom. The quantitative estimate of drug-likeness (QED) is 0.630. The van der Waals surface area contributed by atoms with Gasteiger partial charge in [-0.25, -0.2) is 0 Å². The van der Waals surface area contributed by atoms with E-state index in [1.165, 1.54) is 12.1 Å². The minimum Gasteiger partial charge on any atom is -0.378 e. The van der Waals surface area contributed by atoms with Gasteiger partial charge in [-0.3, -0.25) is 4.57 Å². The first-order chi connectivity index (χ1) is 9.82. The summed E-state index contributed by atoms with van der Waals surface area (Å²) in [7, 11) is -4.29. The van der Waals surface area contributed by atoms with Gasteiger partial charge in [-0.1, -0.05) is 56.1 Å². The van der Waals surface area contributed by atoms with Gasteiger partial charge in [0.05, 0.1) is 0 Å². The highest BCUT2D eigenvalue weighted by Gasteiger charge is 2.39. The fraction of sp³-hybridized carbons (Fsp3) is 0.143. The van der Waals surface area contributed by atoms with Crippen LogP contribution in [0.4, 0.5) is 0 Å². The van der Waals surface area contributed by atoms with E-state index in [4.69, 9.17) is 0 Å². The lowest BCUT2D eigenvalue weighted by Crippen LogP contribution is -2.07. The summed E-state index contributed by atoms with van der Waals surface area (Å²) in [6.07, 6.45) is 0. The summed E-state index contributed by atoms with van der Waals surface area (Å²) in [5.41, 5.74) is 0.536. The van der Waals surface area contributed by atoms with Gasteiger partial charge in [0.25, 0.3) is 7.37 Å². The van der Waals surface area contributed by atoms with E-state index in [0.717, 1.165) is 0 Å². The van der Waals surface area contributed by atoms with Crippen molar-refractivity contribution in [2.24, 2.45) is 0 Å². The Hall–Kier alpha value is -0.490. The molecule has 0 aromatic heterocycles. The molecule has 2 aromatic carbocycles. The second-order valence-corrected chi connectivity index (χ2v) is 8.68. The highest BCUT2D eigenvalue weighted by Crippen LogP contribution is 2.63. The zero-order chi connectivity index (χ0) is 15.6. The molecule has 0 fully saturated rings. The Bertz CT molecular complexity index is 637. The van der Waals surface area contributed by atoms with Crippen molar-refractivity contribution in [1.29, 1.82) is 0 Å². The lowest BCUT2D eigenvalue weighted by atomic mass is 10.2. The van der Waals surface area contributed by atoms with Crippen molar-refractivity contribution >= 4 is 39.2 Å². The topological polar surface area (TPSA) is 77.8 Å². The van der Waals surface area contributed by atoms with Crippen LogP contribution in [0.1, 0.15) is 22.8 Å². The minimum atomic E-state index is -4.29. The van der Waals surface area contributed by atoms with Crippen molar-refractivity contribution in [3.8, 4) is 0 Å². The first-order valence-electron chi connectivity index (χ1n) is 6.01. The molecule has 0 aliphatic heterocycles. The van der Waals surface area contributed by atoms with Crippen LogP contribution in [0.15, 0.2) is 57.5 Å². The van der Waals surface area contributed by atoms with E-state index in [0.29, 0.717) is 8.95 Å². The Balaban J connectivity index is 2.34. The minimum absolute atomic E-state index is 0.268. The molecule has 0 amide bonds. The molecule has 112 valence electrons. The molecule has 0 aliphatic rings. The van der Waals surface area contributed by atoms with E-state index < -0.39 is 19.1 Å². The summed E-state index contributed by atoms with van der Waals surface area (Å²) in [6, 6.07) is 12.9. The third kappa shape index (κ3) is 3.83. The Morgan fingerprint density at radius 1 is 0.857 bits per heavy atom. The predicted octanol–water partition coefficient (Wildman–Crippen LogP) is 4.16. The number of aliphatic hydroxyl groups is 2. The van der Waals surface area contributed by atoms with Crippen LogP contribution in [-0.2, 0) is 4.57 Å². The predicted molar refractivity (Wildman–Crippen MR) is 88.0 cm³/mol. The number of aliphatic hydroxyl groups excluding tert-OH is 2. The molecule has 2 rings (SSSR count). The van der Waals surface area contributed by atoms with Gasteiger partial charge in [0, 0.05) is 8.95 Å². The van der Waals surface area contributed by atoms with Gasteiger partial charge in [-0.2, -0.15) is 0 Å². The van der Waals surface area contributed by atoms with E-state index in [1.807, 2.05) is 0 Å². The fourth-order valence-electron chi connectivity index (χ4n) is 1.90. The van der Waals surface area contributed by atoms with Gasteiger partial charge in [-0.15, -0.1) is 0 Å². The average molecular weight is 436 g/mol. The summed E-state index contributed by atoms with van der Waals surface area (Å²) in [4.78, 5) is 10.2. The zero-order valence-corrected chi connectivity index (χ0v) is 14.8. The van der Waals surface area contributed by atoms with Crippen molar-refractivity contribution < 1.29 is 19.7 Å². The van der Waals surface area contributed by atoms with Crippen molar-refractivity contribution in [2.45, 2.75) is 11.7 Å². The Kier molecular flexibility index (Phi) is 5.41. The number of rotatable bonds is 4. The van der Waals surface area contributed by atoms with Crippen molar-refractivity contribution in [2.75, 3.05) is 0 Å². The maximum atomic E-state index is 12.5. The molecule has 7 heteroatoms. The van der Waals surface area contributed by atoms with Crippen molar-refractivity contribution in [1.82, 2.24) is 0 Å². The van der Waals surface area contributed by atoms with Gasteiger partial charge in [0.2, 0.25) is 0 Å². The lowest BCUT2D eigenvalue weighted by molar-refractivity contribution is 0.186. The van der Waals surface area contributed by atoms with Gasteiger partial charge < -0.3 is 15.1 Å². The summed E-state index contributed by atoms with van der Waals surface area (Å²) >= 11 is 6.48. The summed E-state index contributed by atoms with van der Waals surface area (Å²) in [5, 5.41) is 20.3. The molecule has 0 saturated carbocycles. The van der Waals surface area contributed by atoms with Crippen LogP contribution >= 0.6 is 39.2 Å². The molecule has 0 radical (unpaired) electrons. The zero-order valence-electron chi connectivity index (χ0n) is 10.7. The normalized spacial score (nSPS) is 17.0. The highest BCUT2D eigenvalue weighted by molar-refractivity contribution is 9.10. The second kappa shape index (κ2) is 6.73. The van der Waals surface area contributed by atoms with Gasteiger partial charge in [0.15, 0.2) is 11.7 Å². The molecule has 2 atom stereocenters. The van der Waals surface area contributed by atoms with Crippen LogP contribution in [0.5, 0.6) is 0 Å². The van der Waals surface area contributed by atoms with E-state index in [9.17, 15) is 19.7 Å². The Morgan fingerprint density at radius 3 is 1.57 bits per heavy atom. The number of halogens is 2. The second-order valence-electron chi connectivity index (χ2n) is 4.53. The van der Waals surface area contributed by atoms with Crippen LogP contribution in [0, 0.1) is 0 Å². The first-order valence-corrected chi connectivity index (χ1v) is 9.40. The molecule has 21 heavy (non-hydrogen) atoms. The molecule has 0 heterocycles. The molecular weight excluding hydrogens is 423 g/mol. The third-order valence-corrected chi connectivity index (χ3v) is 5.98. The fourth-order valence-corrected chi connectivity index (χ4v) is 4.17. The van der Waals surface area contributed by atoms with Crippen LogP contribution < -0.4 is 0 Å². The molecular formula is C14H13Br2O4P. The van der Waals surface area contributed by atoms with Gasteiger partial charge in [0.1, 0.15) is 0 Å². The van der Waals surface area contributed by atoms with Crippen LogP contribution in [0.3, 0.4) is 0 Å². The standard InChI is InChI=1S/C14H13Br2O4P/c15-11-5-1-3-9(7-11)13(17)21(19,20)14(18)10-4-2-6-12(16)8-10/h1-8,13-14,17-18H,(H,19,20). The third-order valence-electron chi connectivity index (χ3n) is 2.99. The van der Waals surface area contributed by atoms with E-state index in [2.05, 4.69) is 31.9 Å². The van der Waals surface area contributed by atoms with E-state index in [-0.39, 0.29) is 11.1 Å². The van der Waals surface area contributed by atoms with Crippen LogP contribution in [0.2, 0.25) is 0 Å². The number of hydrogen-bond acceptors (Lipinski definition) is 3.